The maximum atomic E-state index is 12.1. The van der Waals surface area contributed by atoms with Crippen LogP contribution in [0.4, 0.5) is 0 Å². The SMILES string of the molecule is C[C@@H]1COCCN1C(=O)c1cccc(Br)n1. The lowest BCUT2D eigenvalue weighted by molar-refractivity contribution is 0.00326. The number of ether oxygens (including phenoxy) is 1. The molecule has 0 saturated carbocycles. The second-order valence-electron chi connectivity index (χ2n) is 3.77. The van der Waals surface area contributed by atoms with Crippen LogP contribution in [0.25, 0.3) is 0 Å². The Balaban J connectivity index is 2.17. The highest BCUT2D eigenvalue weighted by atomic mass is 79.9. The summed E-state index contributed by atoms with van der Waals surface area (Å²) in [6.45, 7) is 3.81. The maximum Gasteiger partial charge on any atom is 0.272 e. The Morgan fingerprint density at radius 2 is 2.44 bits per heavy atom. The first-order valence-electron chi connectivity index (χ1n) is 5.20. The summed E-state index contributed by atoms with van der Waals surface area (Å²) < 4.78 is 5.98. The third-order valence-electron chi connectivity index (χ3n) is 2.56. The van der Waals surface area contributed by atoms with Gasteiger partial charge in [0.15, 0.2) is 0 Å². The summed E-state index contributed by atoms with van der Waals surface area (Å²) in [4.78, 5) is 18.1. The van der Waals surface area contributed by atoms with E-state index in [9.17, 15) is 4.79 Å². The molecule has 0 aliphatic carbocycles. The fourth-order valence-corrected chi connectivity index (χ4v) is 2.05. The zero-order valence-electron chi connectivity index (χ0n) is 9.02. The molecule has 5 heteroatoms. The van der Waals surface area contributed by atoms with E-state index in [2.05, 4.69) is 20.9 Å². The van der Waals surface area contributed by atoms with Crippen LogP contribution in [-0.2, 0) is 4.74 Å². The monoisotopic (exact) mass is 284 g/mol. The summed E-state index contributed by atoms with van der Waals surface area (Å²) in [7, 11) is 0. The van der Waals surface area contributed by atoms with E-state index in [1.165, 1.54) is 0 Å². The third kappa shape index (κ3) is 2.41. The smallest absolute Gasteiger partial charge is 0.272 e. The number of halogens is 1. The van der Waals surface area contributed by atoms with E-state index in [0.717, 1.165) is 0 Å². The van der Waals surface area contributed by atoms with Gasteiger partial charge in [0.25, 0.3) is 5.91 Å². The minimum Gasteiger partial charge on any atom is -0.377 e. The Kier molecular flexibility index (Phi) is 3.56. The molecule has 1 fully saturated rings. The van der Waals surface area contributed by atoms with Gasteiger partial charge >= 0.3 is 0 Å². The number of carbonyl (C=O) groups excluding carboxylic acids is 1. The fraction of sp³-hybridized carbons (Fsp3) is 0.455. The lowest BCUT2D eigenvalue weighted by atomic mass is 10.2. The molecule has 1 atom stereocenters. The van der Waals surface area contributed by atoms with Crippen LogP contribution in [0.5, 0.6) is 0 Å². The van der Waals surface area contributed by atoms with E-state index in [1.807, 2.05) is 13.0 Å². The van der Waals surface area contributed by atoms with Crippen LogP contribution in [0.3, 0.4) is 0 Å². The van der Waals surface area contributed by atoms with Crippen molar-refractivity contribution in [2.75, 3.05) is 19.8 Å². The van der Waals surface area contributed by atoms with Crippen molar-refractivity contribution in [1.29, 1.82) is 0 Å². The van der Waals surface area contributed by atoms with Crippen molar-refractivity contribution in [3.05, 3.63) is 28.5 Å². The molecule has 1 aliphatic rings. The summed E-state index contributed by atoms with van der Waals surface area (Å²) in [5.41, 5.74) is 0.475. The topological polar surface area (TPSA) is 42.4 Å². The number of rotatable bonds is 1. The summed E-state index contributed by atoms with van der Waals surface area (Å²) in [5, 5.41) is 0. The highest BCUT2D eigenvalue weighted by Gasteiger charge is 2.25. The van der Waals surface area contributed by atoms with E-state index in [4.69, 9.17) is 4.74 Å². The van der Waals surface area contributed by atoms with Gasteiger partial charge in [0, 0.05) is 6.54 Å². The lowest BCUT2D eigenvalue weighted by Gasteiger charge is -2.33. The van der Waals surface area contributed by atoms with Gasteiger partial charge in [-0.15, -0.1) is 0 Å². The van der Waals surface area contributed by atoms with E-state index in [-0.39, 0.29) is 11.9 Å². The fourth-order valence-electron chi connectivity index (χ4n) is 1.70. The predicted molar refractivity (Wildman–Crippen MR) is 63.3 cm³/mol. The van der Waals surface area contributed by atoms with Crippen molar-refractivity contribution >= 4 is 21.8 Å². The Morgan fingerprint density at radius 3 is 3.12 bits per heavy atom. The van der Waals surface area contributed by atoms with Crippen LogP contribution in [0.1, 0.15) is 17.4 Å². The Morgan fingerprint density at radius 1 is 1.62 bits per heavy atom. The van der Waals surface area contributed by atoms with Crippen LogP contribution < -0.4 is 0 Å². The van der Waals surface area contributed by atoms with Crippen molar-refractivity contribution in [1.82, 2.24) is 9.88 Å². The number of nitrogens with zero attached hydrogens (tertiary/aromatic N) is 2. The summed E-state index contributed by atoms with van der Waals surface area (Å²) in [6, 6.07) is 5.46. The van der Waals surface area contributed by atoms with Crippen molar-refractivity contribution < 1.29 is 9.53 Å². The van der Waals surface area contributed by atoms with Crippen LogP contribution in [0.2, 0.25) is 0 Å². The molecule has 1 aromatic rings. The van der Waals surface area contributed by atoms with Crippen molar-refractivity contribution in [3.8, 4) is 0 Å². The van der Waals surface area contributed by atoms with Crippen molar-refractivity contribution in [2.24, 2.45) is 0 Å². The van der Waals surface area contributed by atoms with Gasteiger partial charge in [0.1, 0.15) is 10.3 Å². The molecule has 86 valence electrons. The molecule has 0 spiro atoms. The quantitative estimate of drug-likeness (QED) is 0.738. The van der Waals surface area contributed by atoms with Crippen LogP contribution in [0, 0.1) is 0 Å². The number of aromatic nitrogens is 1. The molecule has 1 saturated heterocycles. The van der Waals surface area contributed by atoms with E-state index in [0.29, 0.717) is 30.1 Å². The number of amides is 1. The molecule has 0 radical (unpaired) electrons. The number of hydrogen-bond acceptors (Lipinski definition) is 3. The first-order valence-corrected chi connectivity index (χ1v) is 5.99. The normalized spacial score (nSPS) is 20.9. The van der Waals surface area contributed by atoms with Crippen LogP contribution in [-0.4, -0.2) is 41.6 Å². The molecule has 1 aromatic heterocycles. The molecule has 0 unspecified atom stereocenters. The average molecular weight is 285 g/mol. The van der Waals surface area contributed by atoms with Gasteiger partial charge in [0.2, 0.25) is 0 Å². The molecular formula is C11H13BrN2O2. The third-order valence-corrected chi connectivity index (χ3v) is 3.00. The van der Waals surface area contributed by atoms with Crippen molar-refractivity contribution in [3.63, 3.8) is 0 Å². The summed E-state index contributed by atoms with van der Waals surface area (Å²) in [6.07, 6.45) is 0. The van der Waals surface area contributed by atoms with Crippen molar-refractivity contribution in [2.45, 2.75) is 13.0 Å². The molecule has 0 N–H and O–H groups in total. The molecule has 2 rings (SSSR count). The molecule has 0 bridgehead atoms. The van der Waals surface area contributed by atoms with Gasteiger partial charge in [0.05, 0.1) is 19.3 Å². The molecule has 0 aromatic carbocycles. The number of hydrogen-bond donors (Lipinski definition) is 0. The molecule has 2 heterocycles. The highest BCUT2D eigenvalue weighted by molar-refractivity contribution is 9.10. The standard InChI is InChI=1S/C11H13BrN2O2/c1-8-7-16-6-5-14(8)11(15)9-3-2-4-10(12)13-9/h2-4,8H,5-7H2,1H3/t8-/m1/s1. The molecule has 16 heavy (non-hydrogen) atoms. The Hall–Kier alpha value is -0.940. The maximum absolute atomic E-state index is 12.1. The minimum absolute atomic E-state index is 0.0305. The van der Waals surface area contributed by atoms with Gasteiger partial charge in [-0.05, 0) is 35.0 Å². The Labute approximate surface area is 103 Å². The number of carbonyl (C=O) groups is 1. The molecule has 1 amide bonds. The van der Waals surface area contributed by atoms with E-state index < -0.39 is 0 Å². The van der Waals surface area contributed by atoms with E-state index >= 15 is 0 Å². The van der Waals surface area contributed by atoms with Crippen LogP contribution >= 0.6 is 15.9 Å². The second-order valence-corrected chi connectivity index (χ2v) is 4.58. The highest BCUT2D eigenvalue weighted by Crippen LogP contribution is 2.13. The van der Waals surface area contributed by atoms with E-state index in [1.54, 1.807) is 17.0 Å². The zero-order chi connectivity index (χ0) is 11.5. The largest absolute Gasteiger partial charge is 0.377 e. The average Bonchev–Trinajstić information content (AvgIpc) is 2.29. The van der Waals surface area contributed by atoms with Gasteiger partial charge in [-0.25, -0.2) is 4.98 Å². The minimum atomic E-state index is -0.0305. The zero-order valence-corrected chi connectivity index (χ0v) is 10.6. The lowest BCUT2D eigenvalue weighted by Crippen LogP contribution is -2.47. The van der Waals surface area contributed by atoms with Gasteiger partial charge < -0.3 is 9.64 Å². The molecule has 4 nitrogen and oxygen atoms in total. The second kappa shape index (κ2) is 4.93. The van der Waals surface area contributed by atoms with Crippen LogP contribution in [0.15, 0.2) is 22.8 Å². The van der Waals surface area contributed by atoms with Gasteiger partial charge in [-0.2, -0.15) is 0 Å². The van der Waals surface area contributed by atoms with Gasteiger partial charge in [-0.3, -0.25) is 4.79 Å². The first-order chi connectivity index (χ1) is 7.68. The summed E-state index contributed by atoms with van der Waals surface area (Å²) in [5.74, 6) is -0.0305. The Bertz CT molecular complexity index is 397. The summed E-state index contributed by atoms with van der Waals surface area (Å²) >= 11 is 3.26. The number of morpholine rings is 1. The number of pyridine rings is 1. The predicted octanol–water partition coefficient (Wildman–Crippen LogP) is 1.70. The molecular weight excluding hydrogens is 272 g/mol. The first kappa shape index (κ1) is 11.5. The molecule has 1 aliphatic heterocycles. The van der Waals surface area contributed by atoms with Gasteiger partial charge in [-0.1, -0.05) is 6.07 Å².